The lowest BCUT2D eigenvalue weighted by Gasteiger charge is -2.13. The van der Waals surface area contributed by atoms with Gasteiger partial charge < -0.3 is 9.73 Å². The minimum absolute atomic E-state index is 0.0378. The van der Waals surface area contributed by atoms with Gasteiger partial charge in [-0.25, -0.2) is 4.98 Å². The van der Waals surface area contributed by atoms with Crippen molar-refractivity contribution in [3.05, 3.63) is 51.0 Å². The molecular formula is C13H14BrN3O3. The molecule has 106 valence electrons. The SMILES string of the molecule is CC(CCc1ccco1)Nc1ncc(Br)cc1[N+](=O)[O-]. The van der Waals surface area contributed by atoms with Crippen molar-refractivity contribution >= 4 is 27.4 Å². The van der Waals surface area contributed by atoms with E-state index in [0.29, 0.717) is 4.47 Å². The second kappa shape index (κ2) is 6.51. The number of nitrogens with one attached hydrogen (secondary N) is 1. The minimum Gasteiger partial charge on any atom is -0.469 e. The fraction of sp³-hybridized carbons (Fsp3) is 0.308. The Bertz CT molecular complexity index is 587. The predicted molar refractivity (Wildman–Crippen MR) is 78.7 cm³/mol. The lowest BCUT2D eigenvalue weighted by Crippen LogP contribution is -2.17. The fourth-order valence-corrected chi connectivity index (χ4v) is 2.12. The van der Waals surface area contributed by atoms with Crippen molar-refractivity contribution in [3.63, 3.8) is 0 Å². The average molecular weight is 340 g/mol. The summed E-state index contributed by atoms with van der Waals surface area (Å²) in [7, 11) is 0. The van der Waals surface area contributed by atoms with Crippen LogP contribution in [0.15, 0.2) is 39.5 Å². The van der Waals surface area contributed by atoms with Crippen LogP contribution in [0, 0.1) is 10.1 Å². The molecule has 0 fully saturated rings. The largest absolute Gasteiger partial charge is 0.469 e. The highest BCUT2D eigenvalue weighted by molar-refractivity contribution is 9.10. The molecule has 20 heavy (non-hydrogen) atoms. The van der Waals surface area contributed by atoms with E-state index in [1.807, 2.05) is 19.1 Å². The topological polar surface area (TPSA) is 81.2 Å². The molecule has 0 aliphatic rings. The van der Waals surface area contributed by atoms with Gasteiger partial charge in [0.1, 0.15) is 5.76 Å². The number of aromatic nitrogens is 1. The van der Waals surface area contributed by atoms with Crippen LogP contribution in [0.2, 0.25) is 0 Å². The molecule has 0 amide bonds. The number of hydrogen-bond acceptors (Lipinski definition) is 5. The summed E-state index contributed by atoms with van der Waals surface area (Å²) in [5, 5.41) is 14.1. The summed E-state index contributed by atoms with van der Waals surface area (Å²) in [4.78, 5) is 14.6. The van der Waals surface area contributed by atoms with Crippen molar-refractivity contribution in [2.24, 2.45) is 0 Å². The normalized spacial score (nSPS) is 12.1. The van der Waals surface area contributed by atoms with E-state index in [2.05, 4.69) is 26.2 Å². The van der Waals surface area contributed by atoms with Gasteiger partial charge in [0.2, 0.25) is 5.82 Å². The van der Waals surface area contributed by atoms with Gasteiger partial charge in [0, 0.05) is 29.2 Å². The minimum atomic E-state index is -0.445. The number of anilines is 1. The molecule has 0 aromatic carbocycles. The van der Waals surface area contributed by atoms with Gasteiger partial charge in [0.05, 0.1) is 11.2 Å². The number of aryl methyl sites for hydroxylation is 1. The first-order chi connectivity index (χ1) is 9.56. The van der Waals surface area contributed by atoms with Crippen LogP contribution >= 0.6 is 15.9 Å². The molecule has 1 unspecified atom stereocenters. The Morgan fingerprint density at radius 2 is 2.40 bits per heavy atom. The van der Waals surface area contributed by atoms with Gasteiger partial charge in [-0.2, -0.15) is 0 Å². The van der Waals surface area contributed by atoms with E-state index in [0.717, 1.165) is 18.6 Å². The van der Waals surface area contributed by atoms with Gasteiger partial charge >= 0.3 is 5.69 Å². The molecule has 2 rings (SSSR count). The van der Waals surface area contributed by atoms with Crippen molar-refractivity contribution in [2.75, 3.05) is 5.32 Å². The summed E-state index contributed by atoms with van der Waals surface area (Å²) in [6.07, 6.45) is 4.73. The Morgan fingerprint density at radius 1 is 1.60 bits per heavy atom. The molecule has 2 aromatic rings. The summed E-state index contributed by atoms with van der Waals surface area (Å²) in [6.45, 7) is 1.95. The maximum absolute atomic E-state index is 11.0. The maximum Gasteiger partial charge on any atom is 0.312 e. The molecule has 2 heterocycles. The van der Waals surface area contributed by atoms with E-state index in [-0.39, 0.29) is 17.5 Å². The Balaban J connectivity index is 2.00. The Kier molecular flexibility index (Phi) is 4.73. The van der Waals surface area contributed by atoms with E-state index in [1.165, 1.54) is 12.3 Å². The van der Waals surface area contributed by atoms with Crippen LogP contribution in [0.3, 0.4) is 0 Å². The smallest absolute Gasteiger partial charge is 0.312 e. The Morgan fingerprint density at radius 3 is 3.05 bits per heavy atom. The summed E-state index contributed by atoms with van der Waals surface area (Å²) >= 11 is 3.18. The molecule has 7 heteroatoms. The van der Waals surface area contributed by atoms with E-state index in [9.17, 15) is 10.1 Å². The van der Waals surface area contributed by atoms with Crippen molar-refractivity contribution in [3.8, 4) is 0 Å². The molecule has 1 N–H and O–H groups in total. The van der Waals surface area contributed by atoms with Gasteiger partial charge in [-0.15, -0.1) is 0 Å². The quantitative estimate of drug-likeness (QED) is 0.639. The van der Waals surface area contributed by atoms with Gasteiger partial charge in [-0.05, 0) is 41.4 Å². The fourth-order valence-electron chi connectivity index (χ4n) is 1.80. The van der Waals surface area contributed by atoms with Crippen LogP contribution < -0.4 is 5.32 Å². The first-order valence-corrected chi connectivity index (χ1v) is 6.94. The molecule has 0 aliphatic heterocycles. The van der Waals surface area contributed by atoms with Crippen molar-refractivity contribution in [1.82, 2.24) is 4.98 Å². The number of nitrogens with zero attached hydrogens (tertiary/aromatic N) is 2. The lowest BCUT2D eigenvalue weighted by molar-refractivity contribution is -0.384. The molecular weight excluding hydrogens is 326 g/mol. The van der Waals surface area contributed by atoms with Gasteiger partial charge in [0.15, 0.2) is 0 Å². The standard InChI is InChI=1S/C13H14BrN3O3/c1-9(4-5-11-3-2-6-20-11)16-13-12(17(18)19)7-10(14)8-15-13/h2-3,6-9H,4-5H2,1H3,(H,15,16). The highest BCUT2D eigenvalue weighted by Gasteiger charge is 2.17. The summed E-state index contributed by atoms with van der Waals surface area (Å²) < 4.78 is 5.84. The monoisotopic (exact) mass is 339 g/mol. The number of pyridine rings is 1. The first kappa shape index (κ1) is 14.5. The molecule has 0 saturated carbocycles. The highest BCUT2D eigenvalue weighted by atomic mass is 79.9. The number of halogens is 1. The van der Waals surface area contributed by atoms with Crippen LogP contribution in [0.1, 0.15) is 19.1 Å². The van der Waals surface area contributed by atoms with Gasteiger partial charge in [0.25, 0.3) is 0 Å². The van der Waals surface area contributed by atoms with Crippen LogP contribution in [-0.2, 0) is 6.42 Å². The third kappa shape index (κ3) is 3.80. The third-order valence-electron chi connectivity index (χ3n) is 2.82. The average Bonchev–Trinajstić information content (AvgIpc) is 2.91. The number of hydrogen-bond donors (Lipinski definition) is 1. The zero-order chi connectivity index (χ0) is 14.5. The van der Waals surface area contributed by atoms with E-state index >= 15 is 0 Å². The van der Waals surface area contributed by atoms with Crippen molar-refractivity contribution < 1.29 is 9.34 Å². The lowest BCUT2D eigenvalue weighted by atomic mass is 10.1. The molecule has 0 saturated heterocycles. The molecule has 2 aromatic heterocycles. The second-order valence-corrected chi connectivity index (χ2v) is 5.36. The second-order valence-electron chi connectivity index (χ2n) is 4.44. The molecule has 6 nitrogen and oxygen atoms in total. The van der Waals surface area contributed by atoms with Crippen LogP contribution in [-0.4, -0.2) is 15.9 Å². The maximum atomic E-state index is 11.0. The van der Waals surface area contributed by atoms with E-state index in [4.69, 9.17) is 4.42 Å². The highest BCUT2D eigenvalue weighted by Crippen LogP contribution is 2.26. The predicted octanol–water partition coefficient (Wildman–Crippen LogP) is 3.78. The molecule has 0 bridgehead atoms. The van der Waals surface area contributed by atoms with Crippen LogP contribution in [0.4, 0.5) is 11.5 Å². The van der Waals surface area contributed by atoms with Gasteiger partial charge in [-0.3, -0.25) is 10.1 Å². The molecule has 0 spiro atoms. The molecule has 0 aliphatic carbocycles. The summed E-state index contributed by atoms with van der Waals surface area (Å²) in [5.74, 6) is 1.18. The van der Waals surface area contributed by atoms with Crippen LogP contribution in [0.5, 0.6) is 0 Å². The third-order valence-corrected chi connectivity index (χ3v) is 3.25. The number of furan rings is 1. The molecule has 0 radical (unpaired) electrons. The summed E-state index contributed by atoms with van der Waals surface area (Å²) in [5.41, 5.74) is -0.0378. The number of rotatable bonds is 6. The van der Waals surface area contributed by atoms with Crippen LogP contribution in [0.25, 0.3) is 0 Å². The summed E-state index contributed by atoms with van der Waals surface area (Å²) in [6, 6.07) is 5.24. The van der Waals surface area contributed by atoms with Crippen molar-refractivity contribution in [1.29, 1.82) is 0 Å². The zero-order valence-corrected chi connectivity index (χ0v) is 12.5. The van der Waals surface area contributed by atoms with E-state index in [1.54, 1.807) is 6.26 Å². The van der Waals surface area contributed by atoms with Crippen molar-refractivity contribution in [2.45, 2.75) is 25.8 Å². The first-order valence-electron chi connectivity index (χ1n) is 6.15. The van der Waals surface area contributed by atoms with Gasteiger partial charge in [-0.1, -0.05) is 0 Å². The Labute approximate surface area is 124 Å². The Hall–Kier alpha value is -1.89. The zero-order valence-electron chi connectivity index (χ0n) is 10.9. The molecule has 1 atom stereocenters. The number of nitro groups is 1. The van der Waals surface area contributed by atoms with E-state index < -0.39 is 4.92 Å².